The molecule has 0 saturated heterocycles. The molecule has 0 bridgehead atoms. The predicted molar refractivity (Wildman–Crippen MR) is 87.2 cm³/mol. The Labute approximate surface area is 142 Å². The van der Waals surface area contributed by atoms with Crippen LogP contribution in [-0.4, -0.2) is 37.7 Å². The molecule has 0 spiro atoms. The van der Waals surface area contributed by atoms with E-state index in [2.05, 4.69) is 20.6 Å². The van der Waals surface area contributed by atoms with Gasteiger partial charge in [-0.1, -0.05) is 0 Å². The lowest BCUT2D eigenvalue weighted by atomic mass is 10.4. The quantitative estimate of drug-likeness (QED) is 0.422. The molecule has 2 N–H and O–H groups in total. The summed E-state index contributed by atoms with van der Waals surface area (Å²) in [7, 11) is 3.17. The molecule has 0 saturated carbocycles. The van der Waals surface area contributed by atoms with Gasteiger partial charge < -0.3 is 15.4 Å². The molecule has 10 heteroatoms. The highest BCUT2D eigenvalue weighted by atomic mass is 127. The summed E-state index contributed by atoms with van der Waals surface area (Å²) in [6.07, 6.45) is -4.40. The van der Waals surface area contributed by atoms with Crippen molar-refractivity contribution >= 4 is 41.3 Å². The Bertz CT molecular complexity index is 453. The number of halogens is 4. The minimum absolute atomic E-state index is 0. The molecule has 1 atom stereocenters. The molecule has 21 heavy (non-hydrogen) atoms. The van der Waals surface area contributed by atoms with Crippen LogP contribution in [0.2, 0.25) is 0 Å². The van der Waals surface area contributed by atoms with Gasteiger partial charge >= 0.3 is 6.18 Å². The van der Waals surface area contributed by atoms with E-state index in [1.165, 1.54) is 0 Å². The number of thiazole rings is 1. The zero-order valence-corrected chi connectivity index (χ0v) is 15.0. The number of hydrogen-bond acceptors (Lipinski definition) is 4. The van der Waals surface area contributed by atoms with Crippen molar-refractivity contribution in [1.29, 1.82) is 0 Å². The van der Waals surface area contributed by atoms with Crippen LogP contribution in [0.5, 0.6) is 0 Å². The van der Waals surface area contributed by atoms with Crippen molar-refractivity contribution in [2.75, 3.05) is 20.8 Å². The zero-order valence-electron chi connectivity index (χ0n) is 11.8. The van der Waals surface area contributed by atoms with Crippen molar-refractivity contribution in [2.45, 2.75) is 25.7 Å². The van der Waals surface area contributed by atoms with E-state index in [1.54, 1.807) is 14.2 Å². The molecular weight excluding hydrogens is 420 g/mol. The normalized spacial score (nSPS) is 13.5. The summed E-state index contributed by atoms with van der Waals surface area (Å²) >= 11 is 0.957. The molecule has 0 amide bonds. The fourth-order valence-corrected chi connectivity index (χ4v) is 2.14. The maximum Gasteiger partial charge on any atom is 0.434 e. The molecule has 1 heterocycles. The maximum atomic E-state index is 12.4. The topological polar surface area (TPSA) is 58.5 Å². The third-order valence-electron chi connectivity index (χ3n) is 2.27. The lowest BCUT2D eigenvalue weighted by Crippen LogP contribution is -2.43. The number of rotatable bonds is 5. The molecule has 0 radical (unpaired) electrons. The van der Waals surface area contributed by atoms with Gasteiger partial charge in [0.2, 0.25) is 0 Å². The fraction of sp³-hybridized carbons (Fsp3) is 0.636. The van der Waals surface area contributed by atoms with E-state index in [4.69, 9.17) is 4.74 Å². The Morgan fingerprint density at radius 3 is 2.67 bits per heavy atom. The summed E-state index contributed by atoms with van der Waals surface area (Å²) in [5.74, 6) is 0.485. The first-order chi connectivity index (χ1) is 9.36. The Morgan fingerprint density at radius 1 is 1.52 bits per heavy atom. The van der Waals surface area contributed by atoms with Crippen LogP contribution < -0.4 is 10.6 Å². The highest BCUT2D eigenvalue weighted by Crippen LogP contribution is 2.29. The average Bonchev–Trinajstić information content (AvgIpc) is 2.83. The highest BCUT2D eigenvalue weighted by molar-refractivity contribution is 14.0. The molecule has 0 aliphatic heterocycles. The minimum atomic E-state index is -4.40. The number of hydrogen-bond donors (Lipinski definition) is 2. The van der Waals surface area contributed by atoms with Gasteiger partial charge in [0, 0.05) is 25.6 Å². The maximum absolute atomic E-state index is 12.4. The molecule has 1 aromatic rings. The van der Waals surface area contributed by atoms with E-state index in [1.807, 2.05) is 6.92 Å². The Hall–Kier alpha value is -0.620. The Balaban J connectivity index is 0.00000400. The molecule has 0 aliphatic rings. The zero-order chi connectivity index (χ0) is 15.2. The minimum Gasteiger partial charge on any atom is -0.383 e. The number of nitrogens with zero attached hydrogens (tertiary/aromatic N) is 2. The molecule has 122 valence electrons. The van der Waals surface area contributed by atoms with Crippen molar-refractivity contribution in [3.63, 3.8) is 0 Å². The van der Waals surface area contributed by atoms with Crippen LogP contribution >= 0.6 is 35.3 Å². The van der Waals surface area contributed by atoms with Crippen LogP contribution in [0.25, 0.3) is 0 Å². The number of methoxy groups -OCH3 is 1. The van der Waals surface area contributed by atoms with Crippen molar-refractivity contribution in [2.24, 2.45) is 4.99 Å². The first kappa shape index (κ1) is 20.4. The van der Waals surface area contributed by atoms with Crippen molar-refractivity contribution in [1.82, 2.24) is 15.6 Å². The second-order valence-electron chi connectivity index (χ2n) is 4.05. The Kier molecular flexibility index (Phi) is 9.13. The van der Waals surface area contributed by atoms with Crippen LogP contribution in [0.15, 0.2) is 10.4 Å². The smallest absolute Gasteiger partial charge is 0.383 e. The number of nitrogens with one attached hydrogen (secondary N) is 2. The van der Waals surface area contributed by atoms with Crippen LogP contribution in [0.3, 0.4) is 0 Å². The largest absolute Gasteiger partial charge is 0.434 e. The average molecular weight is 438 g/mol. The number of guanidine groups is 1. The van der Waals surface area contributed by atoms with Crippen LogP contribution in [0.4, 0.5) is 13.2 Å². The van der Waals surface area contributed by atoms with Crippen molar-refractivity contribution in [3.05, 3.63) is 16.1 Å². The van der Waals surface area contributed by atoms with Gasteiger partial charge in [0.25, 0.3) is 0 Å². The number of ether oxygens (including phenoxy) is 1. The summed E-state index contributed by atoms with van der Waals surface area (Å²) in [6.45, 7) is 2.58. The summed E-state index contributed by atoms with van der Waals surface area (Å²) in [5, 5.41) is 7.29. The Morgan fingerprint density at radius 2 is 2.19 bits per heavy atom. The van der Waals surface area contributed by atoms with Gasteiger partial charge in [-0.3, -0.25) is 4.99 Å². The molecule has 1 rings (SSSR count). The lowest BCUT2D eigenvalue weighted by molar-refractivity contribution is -0.140. The van der Waals surface area contributed by atoms with Gasteiger partial charge in [-0.2, -0.15) is 13.2 Å². The highest BCUT2D eigenvalue weighted by Gasteiger charge is 2.33. The molecule has 1 aromatic heterocycles. The molecular formula is C11H18F3IN4OS. The first-order valence-electron chi connectivity index (χ1n) is 5.84. The van der Waals surface area contributed by atoms with Gasteiger partial charge in [0.05, 0.1) is 13.2 Å². The third-order valence-corrected chi connectivity index (χ3v) is 3.12. The van der Waals surface area contributed by atoms with Crippen molar-refractivity contribution in [3.8, 4) is 0 Å². The van der Waals surface area contributed by atoms with Gasteiger partial charge in [-0.05, 0) is 6.92 Å². The number of alkyl halides is 3. The summed E-state index contributed by atoms with van der Waals surface area (Å²) in [5.41, 5.74) is -0.866. The van der Waals surface area contributed by atoms with Crippen molar-refractivity contribution < 1.29 is 17.9 Å². The van der Waals surface area contributed by atoms with Crippen LogP contribution in [-0.2, 0) is 17.5 Å². The molecule has 0 aromatic carbocycles. The lowest BCUT2D eigenvalue weighted by Gasteiger charge is -2.16. The van der Waals surface area contributed by atoms with Crippen LogP contribution in [0.1, 0.15) is 17.6 Å². The predicted octanol–water partition coefficient (Wildman–Crippen LogP) is 2.48. The van der Waals surface area contributed by atoms with E-state index in [0.717, 1.165) is 16.7 Å². The molecule has 5 nitrogen and oxygen atoms in total. The van der Waals surface area contributed by atoms with E-state index in [-0.39, 0.29) is 36.6 Å². The van der Waals surface area contributed by atoms with E-state index in [9.17, 15) is 13.2 Å². The number of aliphatic imine (C=N–C) groups is 1. The van der Waals surface area contributed by atoms with E-state index in [0.29, 0.717) is 17.6 Å². The van der Waals surface area contributed by atoms with Gasteiger partial charge in [0.1, 0.15) is 5.01 Å². The second-order valence-corrected chi connectivity index (χ2v) is 4.99. The van der Waals surface area contributed by atoms with Crippen LogP contribution in [0, 0.1) is 0 Å². The number of aromatic nitrogens is 1. The summed E-state index contributed by atoms with van der Waals surface area (Å²) in [4.78, 5) is 7.50. The first-order valence-corrected chi connectivity index (χ1v) is 6.72. The summed E-state index contributed by atoms with van der Waals surface area (Å²) < 4.78 is 42.2. The van der Waals surface area contributed by atoms with E-state index < -0.39 is 11.9 Å². The fourth-order valence-electron chi connectivity index (χ4n) is 1.40. The van der Waals surface area contributed by atoms with Gasteiger partial charge in [-0.25, -0.2) is 4.98 Å². The van der Waals surface area contributed by atoms with E-state index >= 15 is 0 Å². The van der Waals surface area contributed by atoms with Gasteiger partial charge in [0.15, 0.2) is 11.7 Å². The third kappa shape index (κ3) is 7.27. The monoisotopic (exact) mass is 438 g/mol. The molecule has 0 aliphatic carbocycles. The summed E-state index contributed by atoms with van der Waals surface area (Å²) in [6, 6.07) is 0.0354. The standard InChI is InChI=1S/C11H17F3N4OS.HI/c1-7(5-19-3)17-10(15-2)16-4-9-18-8(6-20-9)11(12,13)14;/h6-7H,4-5H2,1-3H3,(H2,15,16,17);1H. The van der Waals surface area contributed by atoms with Gasteiger partial charge in [-0.15, -0.1) is 35.3 Å². The molecule has 1 unspecified atom stereocenters. The molecule has 0 fully saturated rings. The SMILES string of the molecule is CN=C(NCc1nc(C(F)(F)F)cs1)NC(C)COC.I. The second kappa shape index (κ2) is 9.41.